The van der Waals surface area contributed by atoms with E-state index >= 15 is 0 Å². The lowest BCUT2D eigenvalue weighted by Gasteiger charge is -2.20. The van der Waals surface area contributed by atoms with E-state index in [4.69, 9.17) is 16.2 Å². The standard InChI is InChI=1S/C14H21N3O2/c1-9(2)19-13-6-11(15)5-12(7-13)17-4-3-10(8-17)14(16)18/h5-7,9-10H,3-4,8,15H2,1-2H3,(H2,16,18). The number of hydrogen-bond acceptors (Lipinski definition) is 4. The van der Waals surface area contributed by atoms with Crippen LogP contribution >= 0.6 is 0 Å². The third-order valence-corrected chi connectivity index (χ3v) is 3.24. The SMILES string of the molecule is CC(C)Oc1cc(N)cc(N2CCC(C(N)=O)C2)c1. The second kappa shape index (κ2) is 5.38. The van der Waals surface area contributed by atoms with Crippen LogP contribution in [0.15, 0.2) is 18.2 Å². The summed E-state index contributed by atoms with van der Waals surface area (Å²) in [6, 6.07) is 5.67. The van der Waals surface area contributed by atoms with Crippen molar-refractivity contribution in [2.45, 2.75) is 26.4 Å². The molecule has 104 valence electrons. The first-order chi connectivity index (χ1) is 8.95. The smallest absolute Gasteiger partial charge is 0.222 e. The minimum absolute atomic E-state index is 0.0732. The summed E-state index contributed by atoms with van der Waals surface area (Å²) >= 11 is 0. The van der Waals surface area contributed by atoms with Crippen molar-refractivity contribution < 1.29 is 9.53 Å². The third-order valence-electron chi connectivity index (χ3n) is 3.24. The molecule has 4 N–H and O–H groups in total. The van der Waals surface area contributed by atoms with Crippen LogP contribution in [0.5, 0.6) is 5.75 Å². The highest BCUT2D eigenvalue weighted by molar-refractivity contribution is 5.78. The number of nitrogens with zero attached hydrogens (tertiary/aromatic N) is 1. The van der Waals surface area contributed by atoms with Gasteiger partial charge in [-0.1, -0.05) is 0 Å². The number of benzene rings is 1. The number of ether oxygens (including phenoxy) is 1. The van der Waals surface area contributed by atoms with E-state index in [1.807, 2.05) is 32.0 Å². The summed E-state index contributed by atoms with van der Waals surface area (Å²) < 4.78 is 5.67. The zero-order valence-electron chi connectivity index (χ0n) is 11.4. The molecule has 5 heteroatoms. The number of primary amides is 1. The molecule has 2 rings (SSSR count). The zero-order valence-corrected chi connectivity index (χ0v) is 11.4. The van der Waals surface area contributed by atoms with Crippen LogP contribution in [0.25, 0.3) is 0 Å². The van der Waals surface area contributed by atoms with Gasteiger partial charge in [-0.2, -0.15) is 0 Å². The van der Waals surface area contributed by atoms with Gasteiger partial charge in [0.05, 0.1) is 12.0 Å². The topological polar surface area (TPSA) is 81.6 Å². The number of carbonyl (C=O) groups excluding carboxylic acids is 1. The molecule has 1 aliphatic rings. The molecule has 1 aromatic rings. The van der Waals surface area contributed by atoms with Crippen molar-refractivity contribution in [1.29, 1.82) is 0 Å². The molecule has 1 aromatic carbocycles. The molecule has 1 saturated heterocycles. The molecular weight excluding hydrogens is 242 g/mol. The maximum absolute atomic E-state index is 11.2. The van der Waals surface area contributed by atoms with Gasteiger partial charge in [0.15, 0.2) is 0 Å². The molecule has 5 nitrogen and oxygen atoms in total. The summed E-state index contributed by atoms with van der Waals surface area (Å²) in [6.45, 7) is 5.42. The van der Waals surface area contributed by atoms with E-state index < -0.39 is 0 Å². The molecule has 0 bridgehead atoms. The van der Waals surface area contributed by atoms with Gasteiger partial charge < -0.3 is 21.1 Å². The van der Waals surface area contributed by atoms with E-state index in [0.717, 1.165) is 24.4 Å². The van der Waals surface area contributed by atoms with E-state index in [9.17, 15) is 4.79 Å². The Bertz CT molecular complexity index is 474. The lowest BCUT2D eigenvalue weighted by atomic mass is 10.1. The Kier molecular flexibility index (Phi) is 3.83. The fraction of sp³-hybridized carbons (Fsp3) is 0.500. The molecule has 0 aliphatic carbocycles. The summed E-state index contributed by atoms with van der Waals surface area (Å²) in [4.78, 5) is 13.3. The summed E-state index contributed by atoms with van der Waals surface area (Å²) in [6.07, 6.45) is 0.899. The monoisotopic (exact) mass is 263 g/mol. The van der Waals surface area contributed by atoms with Crippen molar-refractivity contribution in [3.05, 3.63) is 18.2 Å². The Morgan fingerprint density at radius 2 is 2.16 bits per heavy atom. The van der Waals surface area contributed by atoms with E-state index in [-0.39, 0.29) is 17.9 Å². The molecular formula is C14H21N3O2. The average molecular weight is 263 g/mol. The summed E-state index contributed by atoms with van der Waals surface area (Å²) in [5, 5.41) is 0. The number of nitrogens with two attached hydrogens (primary N) is 2. The first kappa shape index (κ1) is 13.5. The van der Waals surface area contributed by atoms with Gasteiger partial charge in [-0.3, -0.25) is 4.79 Å². The van der Waals surface area contributed by atoms with Crippen molar-refractivity contribution in [3.63, 3.8) is 0 Å². The van der Waals surface area contributed by atoms with Gasteiger partial charge in [-0.05, 0) is 26.3 Å². The third kappa shape index (κ3) is 3.30. The van der Waals surface area contributed by atoms with Crippen LogP contribution in [0.1, 0.15) is 20.3 Å². The predicted octanol–water partition coefficient (Wildman–Crippen LogP) is 1.37. The largest absolute Gasteiger partial charge is 0.491 e. The van der Waals surface area contributed by atoms with Crippen LogP contribution in [0.2, 0.25) is 0 Å². The van der Waals surface area contributed by atoms with Crippen molar-refractivity contribution in [3.8, 4) is 5.75 Å². The number of carbonyl (C=O) groups is 1. The fourth-order valence-corrected chi connectivity index (χ4v) is 2.36. The van der Waals surface area contributed by atoms with Crippen LogP contribution in [0.4, 0.5) is 11.4 Å². The van der Waals surface area contributed by atoms with Crippen molar-refractivity contribution in [2.75, 3.05) is 23.7 Å². The first-order valence-corrected chi connectivity index (χ1v) is 6.57. The van der Waals surface area contributed by atoms with Crippen LogP contribution in [0, 0.1) is 5.92 Å². The Labute approximate surface area is 113 Å². The van der Waals surface area contributed by atoms with Crippen molar-refractivity contribution in [2.24, 2.45) is 11.7 Å². The highest BCUT2D eigenvalue weighted by Gasteiger charge is 2.27. The molecule has 19 heavy (non-hydrogen) atoms. The Morgan fingerprint density at radius 1 is 1.42 bits per heavy atom. The molecule has 0 spiro atoms. The highest BCUT2D eigenvalue weighted by atomic mass is 16.5. The lowest BCUT2D eigenvalue weighted by Crippen LogP contribution is -2.27. The molecule has 1 heterocycles. The zero-order chi connectivity index (χ0) is 14.0. The first-order valence-electron chi connectivity index (χ1n) is 6.57. The lowest BCUT2D eigenvalue weighted by molar-refractivity contribution is -0.121. The second-order valence-corrected chi connectivity index (χ2v) is 5.26. The number of anilines is 2. The summed E-state index contributed by atoms with van der Waals surface area (Å²) in [5.41, 5.74) is 12.9. The van der Waals surface area contributed by atoms with Crippen LogP contribution in [0.3, 0.4) is 0 Å². The van der Waals surface area contributed by atoms with E-state index in [1.165, 1.54) is 0 Å². The van der Waals surface area contributed by atoms with Gasteiger partial charge in [0.25, 0.3) is 0 Å². The van der Waals surface area contributed by atoms with E-state index in [2.05, 4.69) is 4.90 Å². The van der Waals surface area contributed by atoms with Gasteiger partial charge in [-0.25, -0.2) is 0 Å². The second-order valence-electron chi connectivity index (χ2n) is 5.26. The maximum atomic E-state index is 11.2. The summed E-state index contributed by atoms with van der Waals surface area (Å²) in [5.74, 6) is 0.452. The van der Waals surface area contributed by atoms with Gasteiger partial charge >= 0.3 is 0 Å². The van der Waals surface area contributed by atoms with Crippen molar-refractivity contribution in [1.82, 2.24) is 0 Å². The molecule has 1 amide bonds. The van der Waals surface area contributed by atoms with Gasteiger partial charge in [0, 0.05) is 36.6 Å². The Hall–Kier alpha value is -1.91. The fourth-order valence-electron chi connectivity index (χ4n) is 2.36. The van der Waals surface area contributed by atoms with Crippen LogP contribution in [-0.4, -0.2) is 25.1 Å². The molecule has 0 radical (unpaired) electrons. The van der Waals surface area contributed by atoms with Crippen LogP contribution < -0.4 is 21.1 Å². The molecule has 1 unspecified atom stereocenters. The van der Waals surface area contributed by atoms with E-state index in [1.54, 1.807) is 0 Å². The molecule has 0 saturated carbocycles. The number of amides is 1. The minimum Gasteiger partial charge on any atom is -0.491 e. The van der Waals surface area contributed by atoms with E-state index in [0.29, 0.717) is 12.2 Å². The predicted molar refractivity (Wildman–Crippen MR) is 76.1 cm³/mol. The molecule has 1 fully saturated rings. The normalized spacial score (nSPS) is 18.9. The van der Waals surface area contributed by atoms with Gasteiger partial charge in [0.2, 0.25) is 5.91 Å². The maximum Gasteiger partial charge on any atom is 0.222 e. The molecule has 1 atom stereocenters. The van der Waals surface area contributed by atoms with Crippen LogP contribution in [-0.2, 0) is 4.79 Å². The van der Waals surface area contributed by atoms with Gasteiger partial charge in [-0.15, -0.1) is 0 Å². The highest BCUT2D eigenvalue weighted by Crippen LogP contribution is 2.30. The van der Waals surface area contributed by atoms with Crippen molar-refractivity contribution >= 4 is 17.3 Å². The summed E-state index contributed by atoms with van der Waals surface area (Å²) in [7, 11) is 0. The Morgan fingerprint density at radius 3 is 2.74 bits per heavy atom. The average Bonchev–Trinajstić information content (AvgIpc) is 2.76. The minimum atomic E-state index is -0.231. The Balaban J connectivity index is 2.16. The number of hydrogen-bond donors (Lipinski definition) is 2. The number of nitrogen functional groups attached to an aromatic ring is 1. The number of rotatable bonds is 4. The molecule has 1 aliphatic heterocycles. The molecule has 0 aromatic heterocycles. The quantitative estimate of drug-likeness (QED) is 0.804. The van der Waals surface area contributed by atoms with Gasteiger partial charge in [0.1, 0.15) is 5.75 Å².